The Labute approximate surface area is 86.9 Å². The van der Waals surface area contributed by atoms with Gasteiger partial charge in [0.15, 0.2) is 0 Å². The Morgan fingerprint density at radius 2 is 0.833 bits per heavy atom. The molecule has 0 aliphatic carbocycles. The molecule has 1 heterocycles. The fourth-order valence-corrected chi connectivity index (χ4v) is 0.403. The first-order valence-electron chi connectivity index (χ1n) is 2.11. The zero-order chi connectivity index (χ0) is 6.85. The van der Waals surface area contributed by atoms with Crippen LogP contribution >= 0.6 is 0 Å². The molecule has 0 saturated heterocycles. The monoisotopic (exact) mass is 189 g/mol. The van der Waals surface area contributed by atoms with Crippen LogP contribution in [-0.2, 0) is 0 Å². The molecule has 1 rings (SSSR count). The second-order valence-electron chi connectivity index (χ2n) is 1.36. The third-order valence-corrected chi connectivity index (χ3v) is 0.681. The summed E-state index contributed by atoms with van der Waals surface area (Å²) in [6, 6.07) is 0. The Morgan fingerprint density at radius 3 is 1.00 bits per heavy atom. The van der Waals surface area contributed by atoms with E-state index >= 15 is 0 Å². The first kappa shape index (κ1) is 17.4. The first-order valence-corrected chi connectivity index (χ1v) is 2.11. The zero-order valence-electron chi connectivity index (χ0n) is 5.22. The van der Waals surface area contributed by atoms with Crippen molar-refractivity contribution in [3.63, 3.8) is 0 Å². The van der Waals surface area contributed by atoms with E-state index < -0.39 is 17.1 Å². The normalized spacial score (nSPS) is 7.00. The van der Waals surface area contributed by atoms with Gasteiger partial charge in [-0.15, -0.1) is 0 Å². The maximum absolute atomic E-state index is 10.2. The van der Waals surface area contributed by atoms with Crippen molar-refractivity contribution < 1.29 is 11.0 Å². The second kappa shape index (κ2) is 7.00. The summed E-state index contributed by atoms with van der Waals surface area (Å²) in [5, 5.41) is 0. The summed E-state index contributed by atoms with van der Waals surface area (Å²) in [4.78, 5) is 35.9. The summed E-state index contributed by atoms with van der Waals surface area (Å²) in [7, 11) is 0. The van der Waals surface area contributed by atoms with Crippen LogP contribution < -0.4 is 17.1 Å². The molecule has 0 aliphatic heterocycles. The fraction of sp³-hybridized carbons (Fsp3) is 0. The third kappa shape index (κ3) is 5.04. The Bertz CT molecular complexity index is 284. The number of hydrogen-bond acceptors (Lipinski definition) is 3. The van der Waals surface area contributed by atoms with Gasteiger partial charge < -0.3 is 11.0 Å². The van der Waals surface area contributed by atoms with Gasteiger partial charge in [-0.25, -0.2) is 14.4 Å². The molecule has 66 valence electrons. The van der Waals surface area contributed by atoms with Crippen LogP contribution in [0.5, 0.6) is 0 Å². The third-order valence-electron chi connectivity index (χ3n) is 0.681. The minimum atomic E-state index is -0.802. The van der Waals surface area contributed by atoms with E-state index in [1.54, 1.807) is 15.0 Å². The van der Waals surface area contributed by atoms with Crippen LogP contribution in [0.15, 0.2) is 14.4 Å². The molecular weight excluding hydrogens is 181 g/mol. The predicted octanol–water partition coefficient (Wildman–Crippen LogP) is -4.55. The molecule has 0 unspecified atom stereocenters. The minimum absolute atomic E-state index is 0. The Kier molecular flexibility index (Phi) is 10.2. The number of H-pyrrole nitrogens is 3. The van der Waals surface area contributed by atoms with Gasteiger partial charge in [-0.1, -0.05) is 0 Å². The van der Waals surface area contributed by atoms with E-state index in [0.717, 1.165) is 0 Å². The molecule has 12 heavy (non-hydrogen) atoms. The summed E-state index contributed by atoms with van der Waals surface area (Å²) in [6.45, 7) is 0. The van der Waals surface area contributed by atoms with Crippen LogP contribution in [0.3, 0.4) is 0 Å². The van der Waals surface area contributed by atoms with Gasteiger partial charge in [0.1, 0.15) is 0 Å². The molecule has 0 bridgehead atoms. The van der Waals surface area contributed by atoms with E-state index in [0.29, 0.717) is 0 Å². The van der Waals surface area contributed by atoms with Crippen molar-refractivity contribution in [2.24, 2.45) is 0 Å². The Hall–Kier alpha value is -0.670. The number of nitrogens with one attached hydrogen (secondary N) is 3. The standard InChI is InChI=1S/C3H3N3O3.Na.2H2O.H/c7-1-4-2(8)6-3(9)5-1;;;;/h(H3,4,5,6,7,8,9);;2*1H2;. The van der Waals surface area contributed by atoms with Crippen molar-refractivity contribution in [3.05, 3.63) is 31.5 Å². The molecule has 0 fully saturated rings. The second-order valence-corrected chi connectivity index (χ2v) is 1.36. The maximum atomic E-state index is 10.2. The molecule has 0 aliphatic rings. The molecule has 0 radical (unpaired) electrons. The van der Waals surface area contributed by atoms with E-state index in [-0.39, 0.29) is 40.5 Å². The first-order chi connectivity index (χ1) is 4.18. The van der Waals surface area contributed by atoms with E-state index in [9.17, 15) is 14.4 Å². The topological polar surface area (TPSA) is 162 Å². The van der Waals surface area contributed by atoms with Crippen molar-refractivity contribution in [1.29, 1.82) is 0 Å². The predicted molar refractivity (Wildman–Crippen MR) is 42.7 cm³/mol. The quantitative estimate of drug-likeness (QED) is 0.351. The van der Waals surface area contributed by atoms with Gasteiger partial charge in [0.2, 0.25) is 0 Å². The molecule has 0 aromatic carbocycles. The van der Waals surface area contributed by atoms with Crippen molar-refractivity contribution in [1.82, 2.24) is 15.0 Å². The van der Waals surface area contributed by atoms with Gasteiger partial charge >= 0.3 is 46.6 Å². The van der Waals surface area contributed by atoms with E-state index in [4.69, 9.17) is 0 Å². The zero-order valence-corrected chi connectivity index (χ0v) is 5.22. The van der Waals surface area contributed by atoms with Gasteiger partial charge in [0.05, 0.1) is 0 Å². The Morgan fingerprint density at radius 1 is 0.667 bits per heavy atom. The number of aromatic amines is 3. The number of hydrogen-bond donors (Lipinski definition) is 3. The average molecular weight is 189 g/mol. The summed E-state index contributed by atoms with van der Waals surface area (Å²) in [5.74, 6) is 0. The summed E-state index contributed by atoms with van der Waals surface area (Å²) in [5.41, 5.74) is -2.41. The van der Waals surface area contributed by atoms with Gasteiger partial charge in [-0.05, 0) is 0 Å². The van der Waals surface area contributed by atoms with Crippen LogP contribution in [0, 0.1) is 0 Å². The molecule has 0 atom stereocenters. The van der Waals surface area contributed by atoms with Crippen LogP contribution in [0.25, 0.3) is 0 Å². The molecular formula is C3H8N3NaO5. The van der Waals surface area contributed by atoms with Crippen LogP contribution in [-0.4, -0.2) is 55.5 Å². The van der Waals surface area contributed by atoms with E-state index in [1.807, 2.05) is 0 Å². The molecule has 0 spiro atoms. The van der Waals surface area contributed by atoms with Crippen LogP contribution in [0.4, 0.5) is 0 Å². The summed E-state index contributed by atoms with van der Waals surface area (Å²) in [6.07, 6.45) is 0. The Balaban J connectivity index is -0.000000270. The summed E-state index contributed by atoms with van der Waals surface area (Å²) < 4.78 is 0. The van der Waals surface area contributed by atoms with Crippen LogP contribution in [0.1, 0.15) is 0 Å². The van der Waals surface area contributed by atoms with Crippen molar-refractivity contribution in [2.45, 2.75) is 0 Å². The molecule has 9 heteroatoms. The van der Waals surface area contributed by atoms with Gasteiger partial charge in [-0.2, -0.15) is 0 Å². The average Bonchev–Trinajstić information content (AvgIpc) is 1.59. The number of rotatable bonds is 0. The van der Waals surface area contributed by atoms with Crippen molar-refractivity contribution in [3.8, 4) is 0 Å². The van der Waals surface area contributed by atoms with Crippen molar-refractivity contribution in [2.75, 3.05) is 0 Å². The van der Waals surface area contributed by atoms with Crippen LogP contribution in [0.2, 0.25) is 0 Å². The SMILES string of the molecule is O.O.O=c1[nH]c(=O)[nH]c(=O)[nH]1.[NaH]. The molecule has 7 N–H and O–H groups in total. The molecule has 0 amide bonds. The molecule has 1 aromatic heterocycles. The van der Waals surface area contributed by atoms with E-state index in [1.165, 1.54) is 0 Å². The molecule has 0 saturated carbocycles. The number of aromatic nitrogens is 3. The van der Waals surface area contributed by atoms with Gasteiger partial charge in [0, 0.05) is 0 Å². The van der Waals surface area contributed by atoms with E-state index in [2.05, 4.69) is 0 Å². The summed E-state index contributed by atoms with van der Waals surface area (Å²) >= 11 is 0. The van der Waals surface area contributed by atoms with Crippen molar-refractivity contribution >= 4 is 29.6 Å². The molecule has 8 nitrogen and oxygen atoms in total. The molecule has 1 aromatic rings. The fourth-order valence-electron chi connectivity index (χ4n) is 0.403. The van der Waals surface area contributed by atoms with Gasteiger partial charge in [-0.3, -0.25) is 15.0 Å². The van der Waals surface area contributed by atoms with Gasteiger partial charge in [0.25, 0.3) is 0 Å².